The monoisotopic (exact) mass is 348 g/mol. The second-order valence-electron chi connectivity index (χ2n) is 4.80. The number of hydrogen-bond acceptors (Lipinski definition) is 4. The molecule has 0 aliphatic heterocycles. The van der Waals surface area contributed by atoms with Gasteiger partial charge in [0.1, 0.15) is 0 Å². The molecule has 0 bridgehead atoms. The summed E-state index contributed by atoms with van der Waals surface area (Å²) in [6.45, 7) is 0. The molecule has 2 nitrogen and oxygen atoms in total. The molecule has 118 valence electrons. The lowest BCUT2D eigenvalue weighted by Crippen LogP contribution is -1.83. The zero-order valence-corrected chi connectivity index (χ0v) is 14.6. The van der Waals surface area contributed by atoms with E-state index in [1.54, 1.807) is 35.1 Å². The molecule has 0 aliphatic rings. The van der Waals surface area contributed by atoms with Crippen molar-refractivity contribution in [1.29, 1.82) is 0 Å². The molecule has 4 heteroatoms. The van der Waals surface area contributed by atoms with Crippen molar-refractivity contribution in [1.82, 2.24) is 9.97 Å². The van der Waals surface area contributed by atoms with Crippen LogP contribution in [-0.4, -0.2) is 9.97 Å². The molecule has 0 radical (unpaired) electrons. The van der Waals surface area contributed by atoms with Gasteiger partial charge in [0.15, 0.2) is 0 Å². The van der Waals surface area contributed by atoms with Crippen molar-refractivity contribution in [2.24, 2.45) is 0 Å². The van der Waals surface area contributed by atoms with Gasteiger partial charge >= 0.3 is 0 Å². The van der Waals surface area contributed by atoms with Crippen molar-refractivity contribution in [3.8, 4) is 0 Å². The number of aromatic nitrogens is 2. The summed E-state index contributed by atoms with van der Waals surface area (Å²) >= 11 is 3.43. The fourth-order valence-corrected chi connectivity index (χ4v) is 3.04. The highest BCUT2D eigenvalue weighted by Gasteiger charge is 2.00. The van der Waals surface area contributed by atoms with Gasteiger partial charge in [-0.05, 0) is 33.7 Å². The third-order valence-corrected chi connectivity index (χ3v) is 4.45. The second kappa shape index (κ2) is 8.91. The Kier molecular flexibility index (Phi) is 6.05. The molecular weight excluding hydrogens is 332 g/mol. The number of rotatable bonds is 0. The lowest BCUT2D eigenvalue weighted by Gasteiger charge is -2.00. The molecule has 0 fully saturated rings. The van der Waals surface area contributed by atoms with Gasteiger partial charge in [0.05, 0.1) is 11.0 Å². The molecule has 4 aromatic heterocycles. The molecule has 5 rings (SSSR count). The van der Waals surface area contributed by atoms with Crippen LogP contribution in [0.25, 0.3) is 21.8 Å². The summed E-state index contributed by atoms with van der Waals surface area (Å²) in [6.07, 6.45) is 3.60. The molecule has 0 saturated heterocycles. The van der Waals surface area contributed by atoms with Gasteiger partial charge in [-0.2, -0.15) is 22.7 Å². The number of fused-ring (bicyclic) bond motifs is 3. The van der Waals surface area contributed by atoms with Gasteiger partial charge in [0, 0.05) is 23.2 Å². The van der Waals surface area contributed by atoms with Crippen LogP contribution in [0.5, 0.6) is 0 Å². The van der Waals surface area contributed by atoms with Crippen molar-refractivity contribution in [2.45, 2.75) is 0 Å². The van der Waals surface area contributed by atoms with E-state index in [9.17, 15) is 0 Å². The Balaban J connectivity index is 0.000000138. The van der Waals surface area contributed by atoms with Crippen LogP contribution in [0.1, 0.15) is 0 Å². The summed E-state index contributed by atoms with van der Waals surface area (Å²) in [6, 6.07) is 20.2. The Morgan fingerprint density at radius 2 is 0.917 bits per heavy atom. The van der Waals surface area contributed by atoms with E-state index in [0.29, 0.717) is 0 Å². The van der Waals surface area contributed by atoms with Gasteiger partial charge < -0.3 is 0 Å². The van der Waals surface area contributed by atoms with Gasteiger partial charge in [-0.1, -0.05) is 48.5 Å². The molecule has 1 aromatic carbocycles. The van der Waals surface area contributed by atoms with Crippen molar-refractivity contribution in [3.63, 3.8) is 0 Å². The molecule has 0 atom stereocenters. The number of hydrogen-bond donors (Lipinski definition) is 0. The molecule has 0 spiro atoms. The molecule has 5 aromatic rings. The van der Waals surface area contributed by atoms with E-state index in [-0.39, 0.29) is 0 Å². The first-order valence-electron chi connectivity index (χ1n) is 7.48. The highest BCUT2D eigenvalue weighted by Crippen LogP contribution is 2.20. The molecule has 4 heterocycles. The quantitative estimate of drug-likeness (QED) is 0.308. The first-order chi connectivity index (χ1) is 11.9. The standard InChI is InChI=1S/C12H8N2.2C4H4S/c1-3-9-5-6-10-4-2-8-14-12(10)11(9)13-7-1;2*1-2-4-5-3-1/h1-8H;2*1-4H. The molecule has 0 saturated carbocycles. The van der Waals surface area contributed by atoms with Crippen LogP contribution in [0.15, 0.2) is 94.6 Å². The zero-order valence-electron chi connectivity index (χ0n) is 12.9. The van der Waals surface area contributed by atoms with Gasteiger partial charge in [0.2, 0.25) is 0 Å². The average Bonchev–Trinajstić information content (AvgIpc) is 3.40. The highest BCUT2D eigenvalue weighted by atomic mass is 32.1. The fourth-order valence-electron chi connectivity index (χ4n) is 2.13. The van der Waals surface area contributed by atoms with Gasteiger partial charge in [-0.3, -0.25) is 9.97 Å². The van der Waals surface area contributed by atoms with Crippen LogP contribution in [-0.2, 0) is 0 Å². The van der Waals surface area contributed by atoms with Crippen molar-refractivity contribution in [3.05, 3.63) is 94.6 Å². The lowest BCUT2D eigenvalue weighted by atomic mass is 10.1. The summed E-state index contributed by atoms with van der Waals surface area (Å²) in [5.74, 6) is 0. The Labute approximate surface area is 149 Å². The molecular formula is C20H16N2S2. The zero-order chi connectivity index (χ0) is 16.5. The summed E-state index contributed by atoms with van der Waals surface area (Å²) in [4.78, 5) is 8.69. The first-order valence-corrected chi connectivity index (χ1v) is 9.36. The van der Waals surface area contributed by atoms with E-state index in [1.165, 1.54) is 0 Å². The van der Waals surface area contributed by atoms with Crippen molar-refractivity contribution >= 4 is 44.5 Å². The molecule has 0 aliphatic carbocycles. The smallest absolute Gasteiger partial charge is 0.0964 e. The maximum absolute atomic E-state index is 4.35. The van der Waals surface area contributed by atoms with Gasteiger partial charge in [-0.15, -0.1) is 0 Å². The maximum Gasteiger partial charge on any atom is 0.0964 e. The van der Waals surface area contributed by atoms with Crippen LogP contribution < -0.4 is 0 Å². The molecule has 0 unspecified atom stereocenters. The van der Waals surface area contributed by atoms with E-state index in [1.807, 2.05) is 57.9 Å². The molecule has 24 heavy (non-hydrogen) atoms. The van der Waals surface area contributed by atoms with Crippen molar-refractivity contribution < 1.29 is 0 Å². The predicted octanol–water partition coefficient (Wildman–Crippen LogP) is 6.28. The topological polar surface area (TPSA) is 25.8 Å². The van der Waals surface area contributed by atoms with Crippen LogP contribution in [0.4, 0.5) is 0 Å². The van der Waals surface area contributed by atoms with Crippen LogP contribution >= 0.6 is 22.7 Å². The van der Waals surface area contributed by atoms with E-state index in [4.69, 9.17) is 0 Å². The Morgan fingerprint density at radius 3 is 1.25 bits per heavy atom. The Bertz CT molecular complexity index is 846. The maximum atomic E-state index is 4.35. The van der Waals surface area contributed by atoms with Crippen molar-refractivity contribution in [2.75, 3.05) is 0 Å². The van der Waals surface area contributed by atoms with E-state index >= 15 is 0 Å². The Morgan fingerprint density at radius 1 is 0.500 bits per heavy atom. The van der Waals surface area contributed by atoms with Crippen LogP contribution in [0, 0.1) is 0 Å². The minimum absolute atomic E-state index is 0.977. The largest absolute Gasteiger partial charge is 0.254 e. The number of nitrogens with zero attached hydrogens (tertiary/aromatic N) is 2. The SMILES string of the molecule is c1ccsc1.c1ccsc1.c1cnc2c(c1)ccc1cccnc12. The molecule has 0 amide bonds. The lowest BCUT2D eigenvalue weighted by molar-refractivity contribution is 1.37. The second-order valence-corrected chi connectivity index (χ2v) is 6.44. The number of thiophene rings is 2. The van der Waals surface area contributed by atoms with Crippen LogP contribution in [0.2, 0.25) is 0 Å². The fraction of sp³-hybridized carbons (Fsp3) is 0. The normalized spacial score (nSPS) is 9.67. The first kappa shape index (κ1) is 16.3. The van der Waals surface area contributed by atoms with E-state index in [2.05, 4.69) is 34.2 Å². The third kappa shape index (κ3) is 4.47. The number of pyridine rings is 2. The summed E-state index contributed by atoms with van der Waals surface area (Å²) in [5.41, 5.74) is 1.95. The minimum atomic E-state index is 0.977. The predicted molar refractivity (Wildman–Crippen MR) is 106 cm³/mol. The summed E-state index contributed by atoms with van der Waals surface area (Å²) in [5, 5.41) is 10.4. The average molecular weight is 348 g/mol. The Hall–Kier alpha value is -2.56. The summed E-state index contributed by atoms with van der Waals surface area (Å²) in [7, 11) is 0. The van der Waals surface area contributed by atoms with E-state index < -0.39 is 0 Å². The highest BCUT2D eigenvalue weighted by molar-refractivity contribution is 7.08. The minimum Gasteiger partial charge on any atom is -0.254 e. The van der Waals surface area contributed by atoms with Gasteiger partial charge in [-0.25, -0.2) is 0 Å². The summed E-state index contributed by atoms with van der Waals surface area (Å²) < 4.78 is 0. The molecule has 0 N–H and O–H groups in total. The van der Waals surface area contributed by atoms with Crippen LogP contribution in [0.3, 0.4) is 0 Å². The van der Waals surface area contributed by atoms with E-state index in [0.717, 1.165) is 21.8 Å². The number of benzene rings is 1. The third-order valence-electron chi connectivity index (χ3n) is 3.20. The van der Waals surface area contributed by atoms with Gasteiger partial charge in [0.25, 0.3) is 0 Å².